The van der Waals surface area contributed by atoms with Gasteiger partial charge in [0.1, 0.15) is 0 Å². The topological polar surface area (TPSA) is 30.5 Å². The smallest absolute Gasteiger partial charge is 0.0639 e. The number of aryl methyl sites for hydroxylation is 1. The quantitative estimate of drug-likeness (QED) is 0.687. The molecule has 0 saturated carbocycles. The van der Waals surface area contributed by atoms with Gasteiger partial charge in [0, 0.05) is 32.6 Å². The van der Waals surface area contributed by atoms with E-state index in [1.807, 2.05) is 0 Å². The van der Waals surface area contributed by atoms with Crippen LogP contribution in [0, 0.1) is 6.92 Å². The Morgan fingerprint density at radius 1 is 1.06 bits per heavy atom. The highest BCUT2D eigenvalue weighted by molar-refractivity contribution is 5.44. The SMILES string of the molecule is COCCCOCCNc1ccc(C)cc1. The first-order valence-corrected chi connectivity index (χ1v) is 5.70. The van der Waals surface area contributed by atoms with Gasteiger partial charge in [0.15, 0.2) is 0 Å². The number of hydrogen-bond acceptors (Lipinski definition) is 3. The molecule has 3 heteroatoms. The van der Waals surface area contributed by atoms with Crippen LogP contribution < -0.4 is 5.32 Å². The molecule has 0 aliphatic carbocycles. The van der Waals surface area contributed by atoms with Crippen LogP contribution in [0.25, 0.3) is 0 Å². The number of methoxy groups -OCH3 is 1. The summed E-state index contributed by atoms with van der Waals surface area (Å²) in [6, 6.07) is 8.37. The summed E-state index contributed by atoms with van der Waals surface area (Å²) in [4.78, 5) is 0. The molecule has 0 aliphatic heterocycles. The van der Waals surface area contributed by atoms with Gasteiger partial charge in [0.05, 0.1) is 6.61 Å². The van der Waals surface area contributed by atoms with Crippen LogP contribution in [-0.4, -0.2) is 33.5 Å². The van der Waals surface area contributed by atoms with Gasteiger partial charge in [0.2, 0.25) is 0 Å². The van der Waals surface area contributed by atoms with E-state index in [4.69, 9.17) is 9.47 Å². The summed E-state index contributed by atoms with van der Waals surface area (Å²) in [7, 11) is 1.71. The summed E-state index contributed by atoms with van der Waals surface area (Å²) in [5.41, 5.74) is 2.42. The molecular formula is C13H21NO2. The first-order chi connectivity index (χ1) is 7.83. The Bertz CT molecular complexity index is 272. The van der Waals surface area contributed by atoms with E-state index in [0.717, 1.165) is 38.5 Å². The average Bonchev–Trinajstić information content (AvgIpc) is 2.30. The molecule has 1 rings (SSSR count). The highest BCUT2D eigenvalue weighted by atomic mass is 16.5. The maximum Gasteiger partial charge on any atom is 0.0639 e. The number of rotatable bonds is 8. The number of benzene rings is 1. The molecule has 0 aromatic heterocycles. The maximum atomic E-state index is 5.44. The van der Waals surface area contributed by atoms with Gasteiger partial charge in [-0.3, -0.25) is 0 Å². The Labute approximate surface area is 97.8 Å². The second kappa shape index (κ2) is 8.13. The Morgan fingerprint density at radius 3 is 2.50 bits per heavy atom. The zero-order valence-electron chi connectivity index (χ0n) is 10.2. The Morgan fingerprint density at radius 2 is 1.81 bits per heavy atom. The molecular weight excluding hydrogens is 202 g/mol. The zero-order valence-corrected chi connectivity index (χ0v) is 10.2. The molecule has 0 fully saturated rings. The minimum absolute atomic E-state index is 0.734. The zero-order chi connectivity index (χ0) is 11.6. The van der Waals surface area contributed by atoms with Crippen LogP contribution in [0.5, 0.6) is 0 Å². The number of ether oxygens (including phenoxy) is 2. The third-order valence-electron chi connectivity index (χ3n) is 2.26. The van der Waals surface area contributed by atoms with Crippen LogP contribution in [-0.2, 0) is 9.47 Å². The summed E-state index contributed by atoms with van der Waals surface area (Å²) < 4.78 is 10.4. The number of hydrogen-bond donors (Lipinski definition) is 1. The molecule has 0 saturated heterocycles. The van der Waals surface area contributed by atoms with Crippen molar-refractivity contribution in [1.82, 2.24) is 0 Å². The third-order valence-corrected chi connectivity index (χ3v) is 2.26. The van der Waals surface area contributed by atoms with E-state index in [0.29, 0.717) is 0 Å². The van der Waals surface area contributed by atoms with Gasteiger partial charge in [-0.2, -0.15) is 0 Å². The Hall–Kier alpha value is -1.06. The molecule has 0 heterocycles. The van der Waals surface area contributed by atoms with Gasteiger partial charge in [-0.05, 0) is 25.5 Å². The van der Waals surface area contributed by atoms with Gasteiger partial charge in [-0.1, -0.05) is 17.7 Å². The van der Waals surface area contributed by atoms with Crippen LogP contribution in [0.3, 0.4) is 0 Å². The lowest BCUT2D eigenvalue weighted by Gasteiger charge is -2.07. The Kier molecular flexibility index (Phi) is 6.61. The minimum Gasteiger partial charge on any atom is -0.385 e. The fourth-order valence-corrected chi connectivity index (χ4v) is 1.35. The van der Waals surface area contributed by atoms with Gasteiger partial charge in [-0.15, -0.1) is 0 Å². The molecule has 1 aromatic rings. The highest BCUT2D eigenvalue weighted by Gasteiger charge is 1.92. The molecule has 1 N–H and O–H groups in total. The molecule has 90 valence electrons. The summed E-state index contributed by atoms with van der Waals surface area (Å²) in [6.45, 7) is 5.20. The second-order valence-electron chi connectivity index (χ2n) is 3.75. The van der Waals surface area contributed by atoms with Crippen molar-refractivity contribution in [3.63, 3.8) is 0 Å². The molecule has 0 aliphatic rings. The van der Waals surface area contributed by atoms with Crippen LogP contribution in [0.2, 0.25) is 0 Å². The molecule has 0 unspecified atom stereocenters. The van der Waals surface area contributed by atoms with Crippen molar-refractivity contribution < 1.29 is 9.47 Å². The van der Waals surface area contributed by atoms with Gasteiger partial charge < -0.3 is 14.8 Å². The van der Waals surface area contributed by atoms with E-state index < -0.39 is 0 Å². The molecule has 0 spiro atoms. The van der Waals surface area contributed by atoms with E-state index in [-0.39, 0.29) is 0 Å². The number of nitrogens with one attached hydrogen (secondary N) is 1. The molecule has 0 atom stereocenters. The van der Waals surface area contributed by atoms with E-state index in [1.54, 1.807) is 7.11 Å². The minimum atomic E-state index is 0.734. The second-order valence-corrected chi connectivity index (χ2v) is 3.75. The third kappa shape index (κ3) is 5.73. The van der Waals surface area contributed by atoms with E-state index in [2.05, 4.69) is 36.5 Å². The highest BCUT2D eigenvalue weighted by Crippen LogP contribution is 2.07. The van der Waals surface area contributed by atoms with Crippen molar-refractivity contribution in [3.8, 4) is 0 Å². The fourth-order valence-electron chi connectivity index (χ4n) is 1.35. The lowest BCUT2D eigenvalue weighted by Crippen LogP contribution is -2.10. The van der Waals surface area contributed by atoms with Crippen LogP contribution in [0.15, 0.2) is 24.3 Å². The monoisotopic (exact) mass is 223 g/mol. The average molecular weight is 223 g/mol. The summed E-state index contributed by atoms with van der Waals surface area (Å²) in [6.07, 6.45) is 0.959. The first-order valence-electron chi connectivity index (χ1n) is 5.70. The van der Waals surface area contributed by atoms with Gasteiger partial charge >= 0.3 is 0 Å². The van der Waals surface area contributed by atoms with Crippen molar-refractivity contribution in [1.29, 1.82) is 0 Å². The normalized spacial score (nSPS) is 10.4. The van der Waals surface area contributed by atoms with Gasteiger partial charge in [-0.25, -0.2) is 0 Å². The van der Waals surface area contributed by atoms with Crippen molar-refractivity contribution in [2.24, 2.45) is 0 Å². The predicted octanol–water partition coefficient (Wildman–Crippen LogP) is 2.46. The molecule has 0 amide bonds. The van der Waals surface area contributed by atoms with E-state index >= 15 is 0 Å². The van der Waals surface area contributed by atoms with Gasteiger partial charge in [0.25, 0.3) is 0 Å². The van der Waals surface area contributed by atoms with Crippen molar-refractivity contribution >= 4 is 5.69 Å². The van der Waals surface area contributed by atoms with E-state index in [9.17, 15) is 0 Å². The Balaban J connectivity index is 2.01. The van der Waals surface area contributed by atoms with Crippen molar-refractivity contribution in [3.05, 3.63) is 29.8 Å². The van der Waals surface area contributed by atoms with E-state index in [1.165, 1.54) is 5.56 Å². The van der Waals surface area contributed by atoms with Crippen LogP contribution in [0.4, 0.5) is 5.69 Å². The summed E-state index contributed by atoms with van der Waals surface area (Å²) >= 11 is 0. The largest absolute Gasteiger partial charge is 0.385 e. The van der Waals surface area contributed by atoms with Crippen LogP contribution in [0.1, 0.15) is 12.0 Å². The van der Waals surface area contributed by atoms with Crippen molar-refractivity contribution in [2.45, 2.75) is 13.3 Å². The fraction of sp³-hybridized carbons (Fsp3) is 0.538. The standard InChI is InChI=1S/C13H21NO2/c1-12-4-6-13(7-5-12)14-8-11-16-10-3-9-15-2/h4-7,14H,3,8-11H2,1-2H3. The lowest BCUT2D eigenvalue weighted by molar-refractivity contribution is 0.109. The molecule has 16 heavy (non-hydrogen) atoms. The maximum absolute atomic E-state index is 5.44. The first kappa shape index (κ1) is 13.0. The predicted molar refractivity (Wildman–Crippen MR) is 67.0 cm³/mol. The molecule has 0 bridgehead atoms. The lowest BCUT2D eigenvalue weighted by atomic mass is 10.2. The van der Waals surface area contributed by atoms with Crippen LogP contribution >= 0.6 is 0 Å². The summed E-state index contributed by atoms with van der Waals surface area (Å²) in [5, 5.41) is 3.31. The van der Waals surface area contributed by atoms with Crippen molar-refractivity contribution in [2.75, 3.05) is 38.8 Å². The number of anilines is 1. The molecule has 0 radical (unpaired) electrons. The molecule has 3 nitrogen and oxygen atoms in total. The molecule has 1 aromatic carbocycles. The summed E-state index contributed by atoms with van der Waals surface area (Å²) in [5.74, 6) is 0.